The molecule has 0 saturated carbocycles. The van der Waals surface area contributed by atoms with Crippen molar-refractivity contribution in [2.45, 2.75) is 38.8 Å². The van der Waals surface area contributed by atoms with Gasteiger partial charge >= 0.3 is 24.2 Å². The maximum Gasteiger partial charge on any atom is 0.490 e. The highest BCUT2D eigenvalue weighted by atomic mass is 19.4. The second-order valence-electron chi connectivity index (χ2n) is 4.97. The summed E-state index contributed by atoms with van der Waals surface area (Å²) < 4.78 is 36.8. The first kappa shape index (κ1) is 21.0. The molecule has 10 heteroatoms. The highest BCUT2D eigenvalue weighted by Crippen LogP contribution is 2.17. The summed E-state index contributed by atoms with van der Waals surface area (Å²) in [5.41, 5.74) is 0. The number of nitrogens with zero attached hydrogens (tertiary/aromatic N) is 1. The molecular weight excluding hydrogens is 323 g/mol. The number of aliphatic carboxylic acids is 1. The average molecular weight is 343 g/mol. The first-order valence-electron chi connectivity index (χ1n) is 7.01. The smallest absolute Gasteiger partial charge is 0.475 e. The van der Waals surface area contributed by atoms with Crippen LogP contribution in [0.4, 0.5) is 18.0 Å². The number of carbonyl (C=O) groups is 3. The largest absolute Gasteiger partial charge is 0.490 e. The van der Waals surface area contributed by atoms with Crippen LogP contribution in [0, 0.1) is 5.92 Å². The number of likely N-dealkylation sites (tertiary alicyclic amines) is 1. The van der Waals surface area contributed by atoms with E-state index in [1.165, 1.54) is 4.90 Å². The fourth-order valence-corrected chi connectivity index (χ4v) is 1.86. The predicted molar refractivity (Wildman–Crippen MR) is 71.9 cm³/mol. The molecule has 1 saturated heterocycles. The molecule has 0 aliphatic carbocycles. The van der Waals surface area contributed by atoms with Crippen molar-refractivity contribution in [2.75, 3.05) is 19.7 Å². The third kappa shape index (κ3) is 9.59. The maximum absolute atomic E-state index is 11.1. The van der Waals surface area contributed by atoms with Crippen molar-refractivity contribution >= 4 is 18.0 Å². The van der Waals surface area contributed by atoms with Gasteiger partial charge in [0.25, 0.3) is 0 Å². The molecule has 0 bridgehead atoms. The van der Waals surface area contributed by atoms with Crippen molar-refractivity contribution in [3.05, 3.63) is 0 Å². The number of carboxylic acid groups (broad SMARTS) is 2. The van der Waals surface area contributed by atoms with E-state index in [9.17, 15) is 22.8 Å². The van der Waals surface area contributed by atoms with E-state index in [0.717, 1.165) is 19.3 Å². The number of carboxylic acids is 1. The number of alkyl halides is 3. The molecule has 134 valence electrons. The minimum absolute atomic E-state index is 0.158. The van der Waals surface area contributed by atoms with Crippen molar-refractivity contribution in [1.82, 2.24) is 4.90 Å². The number of rotatable bonds is 4. The van der Waals surface area contributed by atoms with Gasteiger partial charge in [-0.15, -0.1) is 0 Å². The minimum atomic E-state index is -5.08. The molecular formula is C13H20F3NO6. The molecule has 0 aromatic carbocycles. The molecule has 0 aromatic rings. The molecule has 1 heterocycles. The molecule has 2 N–H and O–H groups in total. The van der Waals surface area contributed by atoms with Crippen LogP contribution in [0.15, 0.2) is 0 Å². The molecule has 1 aliphatic heterocycles. The monoisotopic (exact) mass is 343 g/mol. The number of ether oxygens (including phenoxy) is 1. The Kier molecular flexibility index (Phi) is 9.04. The van der Waals surface area contributed by atoms with Crippen LogP contribution in [-0.2, 0) is 14.3 Å². The third-order valence-electron chi connectivity index (χ3n) is 2.97. The zero-order valence-electron chi connectivity index (χ0n) is 12.6. The van der Waals surface area contributed by atoms with E-state index in [0.29, 0.717) is 26.1 Å². The van der Waals surface area contributed by atoms with Crippen LogP contribution in [0.5, 0.6) is 0 Å². The number of esters is 1. The molecule has 0 aromatic heterocycles. The van der Waals surface area contributed by atoms with Gasteiger partial charge in [0, 0.05) is 25.4 Å². The van der Waals surface area contributed by atoms with Crippen LogP contribution in [-0.4, -0.2) is 59.0 Å². The van der Waals surface area contributed by atoms with Crippen LogP contribution < -0.4 is 0 Å². The molecule has 1 rings (SSSR count). The van der Waals surface area contributed by atoms with Gasteiger partial charge in [-0.05, 0) is 19.3 Å². The number of halogens is 3. The lowest BCUT2D eigenvalue weighted by atomic mass is 9.99. The number of carbonyl (C=O) groups excluding carboxylic acids is 1. The van der Waals surface area contributed by atoms with Crippen molar-refractivity contribution < 1.29 is 42.5 Å². The summed E-state index contributed by atoms with van der Waals surface area (Å²) in [6.07, 6.45) is -2.96. The van der Waals surface area contributed by atoms with Crippen LogP contribution in [0.1, 0.15) is 32.6 Å². The van der Waals surface area contributed by atoms with E-state index < -0.39 is 18.2 Å². The number of hydrogen-bond acceptors (Lipinski definition) is 4. The molecule has 0 radical (unpaired) electrons. The fraction of sp³-hybridized carbons (Fsp3) is 0.769. The van der Waals surface area contributed by atoms with Crippen molar-refractivity contribution in [3.63, 3.8) is 0 Å². The summed E-state index contributed by atoms with van der Waals surface area (Å²) in [4.78, 5) is 32.2. The van der Waals surface area contributed by atoms with E-state index in [1.54, 1.807) is 0 Å². The molecule has 1 fully saturated rings. The van der Waals surface area contributed by atoms with Crippen molar-refractivity contribution in [2.24, 2.45) is 5.92 Å². The van der Waals surface area contributed by atoms with Crippen molar-refractivity contribution in [1.29, 1.82) is 0 Å². The van der Waals surface area contributed by atoms with Gasteiger partial charge in [0.1, 0.15) is 0 Å². The van der Waals surface area contributed by atoms with Gasteiger partial charge < -0.3 is 19.8 Å². The van der Waals surface area contributed by atoms with E-state index in [1.807, 2.05) is 6.92 Å². The Morgan fingerprint density at radius 2 is 1.83 bits per heavy atom. The second kappa shape index (κ2) is 9.90. The van der Waals surface area contributed by atoms with E-state index in [4.69, 9.17) is 19.7 Å². The standard InChI is InChI=1S/C11H19NO4.C2HF3O2/c1-2-4-10(13)16-8-9-5-3-6-12(7-9)11(14)15;3-2(4,5)1(6)7/h9H,2-8H2,1H3,(H,14,15);(H,6,7)/t9-;/m0./s1. The SMILES string of the molecule is CCCC(=O)OC[C@H]1CCCN(C(=O)O)C1.O=C(O)C(F)(F)F. The Balaban J connectivity index is 0.000000585. The van der Waals surface area contributed by atoms with E-state index in [2.05, 4.69) is 0 Å². The normalized spacial score (nSPS) is 17.7. The zero-order chi connectivity index (χ0) is 18.0. The topological polar surface area (TPSA) is 104 Å². The number of amides is 1. The fourth-order valence-electron chi connectivity index (χ4n) is 1.86. The highest BCUT2D eigenvalue weighted by molar-refractivity contribution is 5.73. The predicted octanol–water partition coefficient (Wildman–Crippen LogP) is 2.35. The molecule has 1 amide bonds. The lowest BCUT2D eigenvalue weighted by molar-refractivity contribution is -0.192. The second-order valence-corrected chi connectivity index (χ2v) is 4.97. The summed E-state index contributed by atoms with van der Waals surface area (Å²) in [7, 11) is 0. The molecule has 23 heavy (non-hydrogen) atoms. The van der Waals surface area contributed by atoms with E-state index in [-0.39, 0.29) is 11.9 Å². The summed E-state index contributed by atoms with van der Waals surface area (Å²) in [5.74, 6) is -2.78. The summed E-state index contributed by atoms with van der Waals surface area (Å²) in [6.45, 7) is 3.35. The Bertz CT molecular complexity index is 413. The highest BCUT2D eigenvalue weighted by Gasteiger charge is 2.38. The Hall–Kier alpha value is -2.00. The molecule has 0 spiro atoms. The minimum Gasteiger partial charge on any atom is -0.475 e. The third-order valence-corrected chi connectivity index (χ3v) is 2.97. The lowest BCUT2D eigenvalue weighted by Crippen LogP contribution is -2.40. The van der Waals surface area contributed by atoms with Gasteiger partial charge in [-0.1, -0.05) is 6.92 Å². The summed E-state index contributed by atoms with van der Waals surface area (Å²) >= 11 is 0. The van der Waals surface area contributed by atoms with Gasteiger partial charge in [0.15, 0.2) is 0 Å². The average Bonchev–Trinajstić information content (AvgIpc) is 2.45. The maximum atomic E-state index is 11.1. The van der Waals surface area contributed by atoms with E-state index >= 15 is 0 Å². The Labute approximate surface area is 131 Å². The lowest BCUT2D eigenvalue weighted by Gasteiger charge is -2.30. The first-order valence-corrected chi connectivity index (χ1v) is 7.01. The summed E-state index contributed by atoms with van der Waals surface area (Å²) in [6, 6.07) is 0. The van der Waals surface area contributed by atoms with Crippen LogP contribution in [0.25, 0.3) is 0 Å². The van der Waals surface area contributed by atoms with Gasteiger partial charge in [-0.25, -0.2) is 9.59 Å². The Morgan fingerprint density at radius 1 is 1.26 bits per heavy atom. The van der Waals surface area contributed by atoms with Crippen molar-refractivity contribution in [3.8, 4) is 0 Å². The van der Waals surface area contributed by atoms with Crippen LogP contribution in [0.2, 0.25) is 0 Å². The number of hydrogen-bond donors (Lipinski definition) is 2. The molecule has 1 atom stereocenters. The Morgan fingerprint density at radius 3 is 2.26 bits per heavy atom. The van der Waals surface area contributed by atoms with Gasteiger partial charge in [-0.2, -0.15) is 13.2 Å². The molecule has 7 nitrogen and oxygen atoms in total. The first-order chi connectivity index (χ1) is 10.6. The number of piperidine rings is 1. The summed E-state index contributed by atoms with van der Waals surface area (Å²) in [5, 5.41) is 16.0. The quantitative estimate of drug-likeness (QED) is 0.759. The van der Waals surface area contributed by atoms with Crippen LogP contribution in [0.3, 0.4) is 0 Å². The van der Waals surface area contributed by atoms with Crippen LogP contribution >= 0.6 is 0 Å². The van der Waals surface area contributed by atoms with Gasteiger partial charge in [0.2, 0.25) is 0 Å². The molecule has 1 aliphatic rings. The molecule has 0 unspecified atom stereocenters. The zero-order valence-corrected chi connectivity index (χ0v) is 12.6. The van der Waals surface area contributed by atoms with Gasteiger partial charge in [0.05, 0.1) is 6.61 Å². The van der Waals surface area contributed by atoms with Gasteiger partial charge in [-0.3, -0.25) is 4.79 Å².